The highest BCUT2D eigenvalue weighted by atomic mass is 32.1. The van der Waals surface area contributed by atoms with Crippen LogP contribution in [0, 0.1) is 6.92 Å². The van der Waals surface area contributed by atoms with E-state index in [9.17, 15) is 4.79 Å². The van der Waals surface area contributed by atoms with Gasteiger partial charge in [0.25, 0.3) is 5.89 Å². The fourth-order valence-electron chi connectivity index (χ4n) is 2.29. The van der Waals surface area contributed by atoms with E-state index >= 15 is 0 Å². The summed E-state index contributed by atoms with van der Waals surface area (Å²) in [7, 11) is 3.12. The molecule has 0 radical (unpaired) electrons. The van der Waals surface area contributed by atoms with Gasteiger partial charge >= 0.3 is 5.97 Å². The molecule has 2 aromatic heterocycles. The van der Waals surface area contributed by atoms with E-state index in [0.717, 1.165) is 10.4 Å². The molecule has 0 amide bonds. The maximum absolute atomic E-state index is 11.8. The molecular weight excluding hydrogens is 368 g/mol. The molecule has 0 bridgehead atoms. The number of esters is 1. The Morgan fingerprint density at radius 1 is 1.26 bits per heavy atom. The molecule has 7 nitrogen and oxygen atoms in total. The molecule has 0 atom stereocenters. The summed E-state index contributed by atoms with van der Waals surface area (Å²) < 4.78 is 20.8. The fraction of sp³-hybridized carbons (Fsp3) is 0.211. The number of nitrogens with zero attached hydrogens (tertiary/aromatic N) is 2. The van der Waals surface area contributed by atoms with Crippen LogP contribution in [0.1, 0.15) is 16.3 Å². The Morgan fingerprint density at radius 3 is 2.81 bits per heavy atom. The van der Waals surface area contributed by atoms with Gasteiger partial charge in [-0.25, -0.2) is 4.79 Å². The van der Waals surface area contributed by atoms with Crippen molar-refractivity contribution in [3.8, 4) is 22.9 Å². The minimum absolute atomic E-state index is 0.113. The zero-order valence-electron chi connectivity index (χ0n) is 15.1. The van der Waals surface area contributed by atoms with Gasteiger partial charge in [0.1, 0.15) is 11.5 Å². The quantitative estimate of drug-likeness (QED) is 0.450. The van der Waals surface area contributed by atoms with E-state index < -0.39 is 5.97 Å². The number of aromatic nitrogens is 2. The van der Waals surface area contributed by atoms with Crippen LogP contribution in [0.5, 0.6) is 11.5 Å². The number of hydrogen-bond donors (Lipinski definition) is 0. The van der Waals surface area contributed by atoms with Crippen LogP contribution in [-0.4, -0.2) is 30.3 Å². The van der Waals surface area contributed by atoms with Crippen LogP contribution in [0.3, 0.4) is 0 Å². The van der Waals surface area contributed by atoms with E-state index in [0.29, 0.717) is 22.9 Å². The molecule has 140 valence electrons. The first kappa shape index (κ1) is 18.7. The second-order valence-electron chi connectivity index (χ2n) is 5.49. The van der Waals surface area contributed by atoms with Crippen LogP contribution in [0.2, 0.25) is 0 Å². The first-order chi connectivity index (χ1) is 13.1. The van der Waals surface area contributed by atoms with E-state index in [1.54, 1.807) is 49.8 Å². The topological polar surface area (TPSA) is 83.7 Å². The molecule has 0 spiro atoms. The third-order valence-corrected chi connectivity index (χ3v) is 4.71. The van der Waals surface area contributed by atoms with Gasteiger partial charge in [-0.05, 0) is 42.1 Å². The fourth-order valence-corrected chi connectivity index (χ4v) is 3.11. The van der Waals surface area contributed by atoms with E-state index in [4.69, 9.17) is 18.7 Å². The monoisotopic (exact) mass is 386 g/mol. The Kier molecular flexibility index (Phi) is 5.87. The van der Waals surface area contributed by atoms with Gasteiger partial charge in [0.15, 0.2) is 6.61 Å². The molecule has 3 aromatic rings. The highest BCUT2D eigenvalue weighted by Crippen LogP contribution is 2.31. The lowest BCUT2D eigenvalue weighted by Gasteiger charge is -2.07. The predicted molar refractivity (Wildman–Crippen MR) is 101 cm³/mol. The summed E-state index contributed by atoms with van der Waals surface area (Å²) in [4.78, 5) is 17.1. The van der Waals surface area contributed by atoms with Crippen molar-refractivity contribution in [2.75, 3.05) is 14.2 Å². The molecule has 3 rings (SSSR count). The van der Waals surface area contributed by atoms with Gasteiger partial charge in [0, 0.05) is 17.0 Å². The third-order valence-electron chi connectivity index (χ3n) is 3.73. The van der Waals surface area contributed by atoms with Gasteiger partial charge in [-0.15, -0.1) is 11.3 Å². The molecule has 1 aromatic carbocycles. The first-order valence-electron chi connectivity index (χ1n) is 8.04. The first-order valence-corrected chi connectivity index (χ1v) is 8.92. The van der Waals surface area contributed by atoms with Crippen LogP contribution in [0.15, 0.2) is 40.2 Å². The number of ether oxygens (including phenoxy) is 3. The molecule has 8 heteroatoms. The molecule has 0 saturated carbocycles. The third kappa shape index (κ3) is 4.53. The second-order valence-corrected chi connectivity index (χ2v) is 6.43. The van der Waals surface area contributed by atoms with Crippen molar-refractivity contribution in [1.82, 2.24) is 10.1 Å². The van der Waals surface area contributed by atoms with E-state index in [1.807, 2.05) is 18.4 Å². The molecule has 0 N–H and O–H groups in total. The molecule has 0 aliphatic heterocycles. The maximum atomic E-state index is 11.8. The summed E-state index contributed by atoms with van der Waals surface area (Å²) >= 11 is 1.56. The Hall–Kier alpha value is -3.13. The standard InChI is InChI=1S/C19H18N2O5S/c1-12-8-9-27-16(12)6-7-18(22)25-11-17-20-19(21-26-17)14-5-4-13(23-2)10-15(14)24-3/h4-10H,11H2,1-3H3/b7-6+. The Bertz CT molecular complexity index is 961. The zero-order chi connectivity index (χ0) is 19.2. The van der Waals surface area contributed by atoms with Crippen LogP contribution in [0.25, 0.3) is 17.5 Å². The van der Waals surface area contributed by atoms with Gasteiger partial charge in [0.05, 0.1) is 19.8 Å². The van der Waals surface area contributed by atoms with Gasteiger partial charge in [-0.3, -0.25) is 0 Å². The van der Waals surface area contributed by atoms with Crippen molar-refractivity contribution >= 4 is 23.4 Å². The van der Waals surface area contributed by atoms with E-state index in [1.165, 1.54) is 6.08 Å². The molecule has 0 fully saturated rings. The average Bonchev–Trinajstić information content (AvgIpc) is 3.33. The molecule has 0 aliphatic carbocycles. The van der Waals surface area contributed by atoms with E-state index in [2.05, 4.69) is 10.1 Å². The Labute approximate surface area is 160 Å². The summed E-state index contributed by atoms with van der Waals surface area (Å²) in [5, 5.41) is 5.88. The summed E-state index contributed by atoms with van der Waals surface area (Å²) in [5.41, 5.74) is 1.76. The lowest BCUT2D eigenvalue weighted by atomic mass is 10.2. The highest BCUT2D eigenvalue weighted by Gasteiger charge is 2.15. The summed E-state index contributed by atoms with van der Waals surface area (Å²) in [6.07, 6.45) is 3.10. The molecule has 0 unspecified atom stereocenters. The highest BCUT2D eigenvalue weighted by molar-refractivity contribution is 7.11. The second kappa shape index (κ2) is 8.50. The van der Waals surface area contributed by atoms with Crippen molar-refractivity contribution < 1.29 is 23.5 Å². The van der Waals surface area contributed by atoms with Crippen molar-refractivity contribution in [1.29, 1.82) is 0 Å². The number of carbonyl (C=O) groups is 1. The number of methoxy groups -OCH3 is 2. The number of aryl methyl sites for hydroxylation is 1. The van der Waals surface area contributed by atoms with E-state index in [-0.39, 0.29) is 12.5 Å². The summed E-state index contributed by atoms with van der Waals surface area (Å²) in [6, 6.07) is 7.25. The molecule has 0 saturated heterocycles. The molecule has 2 heterocycles. The lowest BCUT2D eigenvalue weighted by molar-refractivity contribution is -0.139. The Morgan fingerprint density at radius 2 is 2.11 bits per heavy atom. The van der Waals surface area contributed by atoms with Gasteiger partial charge in [-0.2, -0.15) is 4.98 Å². The minimum atomic E-state index is -0.482. The van der Waals surface area contributed by atoms with Crippen molar-refractivity contribution in [3.63, 3.8) is 0 Å². The number of carbonyl (C=O) groups excluding carboxylic acids is 1. The number of rotatable bonds is 7. The minimum Gasteiger partial charge on any atom is -0.497 e. The number of thiophene rings is 1. The normalized spacial score (nSPS) is 10.9. The molecular formula is C19H18N2O5S. The van der Waals surface area contributed by atoms with Crippen LogP contribution in [0.4, 0.5) is 0 Å². The largest absolute Gasteiger partial charge is 0.497 e. The van der Waals surface area contributed by atoms with Crippen LogP contribution in [-0.2, 0) is 16.1 Å². The predicted octanol–water partition coefficient (Wildman–Crippen LogP) is 3.88. The van der Waals surface area contributed by atoms with Gasteiger partial charge in [-0.1, -0.05) is 5.16 Å². The average molecular weight is 386 g/mol. The zero-order valence-corrected chi connectivity index (χ0v) is 15.9. The number of hydrogen-bond acceptors (Lipinski definition) is 8. The van der Waals surface area contributed by atoms with Crippen LogP contribution >= 0.6 is 11.3 Å². The smallest absolute Gasteiger partial charge is 0.331 e. The van der Waals surface area contributed by atoms with Crippen molar-refractivity contribution in [2.24, 2.45) is 0 Å². The van der Waals surface area contributed by atoms with Gasteiger partial charge < -0.3 is 18.7 Å². The number of benzene rings is 1. The Balaban J connectivity index is 1.64. The summed E-state index contributed by atoms with van der Waals surface area (Å²) in [5.74, 6) is 1.25. The van der Waals surface area contributed by atoms with Crippen LogP contribution < -0.4 is 9.47 Å². The van der Waals surface area contributed by atoms with Crippen molar-refractivity contribution in [3.05, 3.63) is 52.1 Å². The lowest BCUT2D eigenvalue weighted by Crippen LogP contribution is -2.01. The molecule has 27 heavy (non-hydrogen) atoms. The summed E-state index contributed by atoms with van der Waals surface area (Å²) in [6.45, 7) is 1.87. The van der Waals surface area contributed by atoms with Gasteiger partial charge in [0.2, 0.25) is 5.82 Å². The van der Waals surface area contributed by atoms with Crippen molar-refractivity contribution in [2.45, 2.75) is 13.5 Å². The maximum Gasteiger partial charge on any atom is 0.331 e. The SMILES string of the molecule is COc1ccc(-c2noc(COC(=O)/C=C/c3sccc3C)n2)c(OC)c1. The molecule has 0 aliphatic rings.